The van der Waals surface area contributed by atoms with Crippen LogP contribution < -0.4 is 0 Å². The maximum absolute atomic E-state index is 5.14. The number of fused-ring (bicyclic) bond motifs is 8. The Morgan fingerprint density at radius 3 is 1.07 bits per heavy atom. The molecule has 0 saturated heterocycles. The molecule has 2 heteroatoms. The summed E-state index contributed by atoms with van der Waals surface area (Å²) < 4.78 is 0. The minimum absolute atomic E-state index is 0.728. The average molecular weight is 1040 g/mol. The van der Waals surface area contributed by atoms with Gasteiger partial charge in [0, 0.05) is 23.5 Å². The zero-order valence-corrected chi connectivity index (χ0v) is 45.2. The first kappa shape index (κ1) is 47.5. The molecule has 0 N–H and O–H groups in total. The Kier molecular flexibility index (Phi) is 11.2. The van der Waals surface area contributed by atoms with Gasteiger partial charge in [-0.05, 0) is 215 Å². The van der Waals surface area contributed by atoms with E-state index in [0.29, 0.717) is 0 Å². The summed E-state index contributed by atoms with van der Waals surface area (Å²) in [5, 5.41) is 19.5. The maximum atomic E-state index is 5.14. The van der Waals surface area contributed by atoms with Gasteiger partial charge in [-0.2, -0.15) is 0 Å². The minimum Gasteiger partial charge on any atom is -0.256 e. The number of hydrogen-bond donors (Lipinski definition) is 0. The molecule has 0 saturated carbocycles. The topological polar surface area (TPSA) is 25.8 Å². The highest BCUT2D eigenvalue weighted by molar-refractivity contribution is 6.24. The van der Waals surface area contributed by atoms with Gasteiger partial charge in [-0.1, -0.05) is 218 Å². The smallest absolute Gasteiger partial charge is 0.0705 e. The van der Waals surface area contributed by atoms with Crippen molar-refractivity contribution in [3.8, 4) is 67.0 Å². The van der Waals surface area contributed by atoms with E-state index in [2.05, 4.69) is 280 Å². The van der Waals surface area contributed by atoms with Gasteiger partial charge in [0.05, 0.1) is 11.4 Å². The van der Waals surface area contributed by atoms with Crippen LogP contribution in [-0.2, 0) is 6.42 Å². The van der Waals surface area contributed by atoms with Crippen LogP contribution in [0.3, 0.4) is 0 Å². The molecule has 2 aromatic heterocycles. The van der Waals surface area contributed by atoms with Crippen molar-refractivity contribution in [3.05, 3.63) is 302 Å². The number of rotatable bonds is 8. The molecule has 16 aromatic rings. The van der Waals surface area contributed by atoms with Crippen LogP contribution in [-0.4, -0.2) is 9.97 Å². The molecule has 16 rings (SSSR count). The van der Waals surface area contributed by atoms with Crippen molar-refractivity contribution in [1.82, 2.24) is 9.97 Å². The lowest BCUT2D eigenvalue weighted by Crippen LogP contribution is -1.96. The van der Waals surface area contributed by atoms with E-state index in [0.717, 1.165) is 34.5 Å². The van der Waals surface area contributed by atoms with Gasteiger partial charge in [0.2, 0.25) is 0 Å². The van der Waals surface area contributed by atoms with E-state index in [1.165, 1.54) is 142 Å². The van der Waals surface area contributed by atoms with Gasteiger partial charge in [-0.25, -0.2) is 0 Å². The van der Waals surface area contributed by atoms with Crippen molar-refractivity contribution in [2.45, 2.75) is 13.3 Å². The SMILES string of the molecule is Cc1ccc(-c2ccc3c(-c4ccc5ccccc5c4)c4ccc(Cc5ccnc(-c6ccc7c(-c8ccc9ccccc9c8)c8ccccc8c(-c8ccc9ccccc9c8)c7c6)c5)cc4c(-c4ccc5ccccc5c4)c3c2)nc1. The lowest BCUT2D eigenvalue weighted by molar-refractivity contribution is 1.17. The molecule has 0 atom stereocenters. The second kappa shape index (κ2) is 19.4. The van der Waals surface area contributed by atoms with E-state index in [1.807, 2.05) is 12.4 Å². The predicted molar refractivity (Wildman–Crippen MR) is 349 cm³/mol. The van der Waals surface area contributed by atoms with E-state index < -0.39 is 0 Å². The van der Waals surface area contributed by atoms with Crippen LogP contribution >= 0.6 is 0 Å². The third kappa shape index (κ3) is 8.18. The Balaban J connectivity index is 0.879. The quantitative estimate of drug-likeness (QED) is 0.142. The molecule has 0 radical (unpaired) electrons. The van der Waals surface area contributed by atoms with Crippen LogP contribution in [0.4, 0.5) is 0 Å². The summed E-state index contributed by atoms with van der Waals surface area (Å²) >= 11 is 0. The summed E-state index contributed by atoms with van der Waals surface area (Å²) in [6, 6.07) is 101. The summed E-state index contributed by atoms with van der Waals surface area (Å²) in [5.41, 5.74) is 17.4. The van der Waals surface area contributed by atoms with Crippen molar-refractivity contribution in [2.75, 3.05) is 0 Å². The molecule has 2 nitrogen and oxygen atoms in total. The Morgan fingerprint density at radius 2 is 0.610 bits per heavy atom. The third-order valence-electron chi connectivity index (χ3n) is 17.1. The van der Waals surface area contributed by atoms with Crippen LogP contribution in [0.1, 0.15) is 16.7 Å². The summed E-state index contributed by atoms with van der Waals surface area (Å²) in [4.78, 5) is 10.1. The first-order valence-corrected chi connectivity index (χ1v) is 28.4. The number of aromatic nitrogens is 2. The molecule has 382 valence electrons. The number of hydrogen-bond acceptors (Lipinski definition) is 2. The van der Waals surface area contributed by atoms with E-state index in [1.54, 1.807) is 0 Å². The average Bonchev–Trinajstić information content (AvgIpc) is 3.51. The molecule has 0 bridgehead atoms. The molecule has 0 aliphatic heterocycles. The zero-order valence-electron chi connectivity index (χ0n) is 45.2. The Hall–Kier alpha value is -10.5. The molecule has 0 fully saturated rings. The number of pyridine rings is 2. The third-order valence-corrected chi connectivity index (χ3v) is 17.1. The molecular formula is C80H52N2. The Bertz CT molecular complexity index is 5260. The summed E-state index contributed by atoms with van der Waals surface area (Å²) in [5.74, 6) is 0. The van der Waals surface area contributed by atoms with Crippen LogP contribution in [0.5, 0.6) is 0 Å². The molecule has 0 amide bonds. The highest BCUT2D eigenvalue weighted by Gasteiger charge is 2.22. The van der Waals surface area contributed by atoms with E-state index in [-0.39, 0.29) is 0 Å². The van der Waals surface area contributed by atoms with Crippen LogP contribution in [0.2, 0.25) is 0 Å². The molecule has 0 spiro atoms. The van der Waals surface area contributed by atoms with E-state index >= 15 is 0 Å². The molecule has 82 heavy (non-hydrogen) atoms. The summed E-state index contributed by atoms with van der Waals surface area (Å²) in [6.07, 6.45) is 4.69. The van der Waals surface area contributed by atoms with Gasteiger partial charge in [0.25, 0.3) is 0 Å². The predicted octanol–water partition coefficient (Wildman–Crippen LogP) is 21.6. The summed E-state index contributed by atoms with van der Waals surface area (Å²) in [6.45, 7) is 2.09. The lowest BCUT2D eigenvalue weighted by Gasteiger charge is -2.20. The Labute approximate surface area is 475 Å². The van der Waals surface area contributed by atoms with Crippen LogP contribution in [0, 0.1) is 6.92 Å². The fraction of sp³-hybridized carbons (Fsp3) is 0.0250. The van der Waals surface area contributed by atoms with Gasteiger partial charge in [-0.3, -0.25) is 9.97 Å². The highest BCUT2D eigenvalue weighted by Crippen LogP contribution is 2.48. The van der Waals surface area contributed by atoms with Crippen LogP contribution in [0.15, 0.2) is 285 Å². The molecule has 0 unspecified atom stereocenters. The van der Waals surface area contributed by atoms with Gasteiger partial charge in [-0.15, -0.1) is 0 Å². The number of aryl methyl sites for hydroxylation is 1. The van der Waals surface area contributed by atoms with Gasteiger partial charge in [0.15, 0.2) is 0 Å². The first-order valence-electron chi connectivity index (χ1n) is 28.4. The van der Waals surface area contributed by atoms with Crippen molar-refractivity contribution in [2.24, 2.45) is 0 Å². The molecule has 14 aromatic carbocycles. The highest BCUT2D eigenvalue weighted by atomic mass is 14.7. The standard InChI is InChI=1S/C80H52N2/c1-50-22-37-75(82-49-50)61-32-35-71-74(47-61)80(66-31-27-56-15-5-9-19-60(56)46-66)72-41-51(23-34-69(72)78(71)64-29-25-54-13-3-7-17-58(54)44-64)40-52-38-39-81-76(42-52)62-33-36-70-73(48-62)79(65-30-26-55-14-4-8-18-59(55)45-65)68-21-11-10-20-67(68)77(70)63-28-24-53-12-2-6-16-57(53)43-63/h2-39,41-49H,40H2,1H3. The van der Waals surface area contributed by atoms with Crippen LogP contribution in [0.25, 0.3) is 153 Å². The second-order valence-corrected chi connectivity index (χ2v) is 22.1. The van der Waals surface area contributed by atoms with Crippen molar-refractivity contribution >= 4 is 86.2 Å². The van der Waals surface area contributed by atoms with E-state index in [4.69, 9.17) is 9.97 Å². The maximum Gasteiger partial charge on any atom is 0.0705 e. The lowest BCUT2D eigenvalue weighted by atomic mass is 9.83. The van der Waals surface area contributed by atoms with Gasteiger partial charge in [0.1, 0.15) is 0 Å². The normalized spacial score (nSPS) is 11.8. The molecule has 0 aliphatic carbocycles. The first-order chi connectivity index (χ1) is 40.5. The van der Waals surface area contributed by atoms with Gasteiger partial charge < -0.3 is 0 Å². The van der Waals surface area contributed by atoms with E-state index in [9.17, 15) is 0 Å². The van der Waals surface area contributed by atoms with Crippen molar-refractivity contribution in [1.29, 1.82) is 0 Å². The van der Waals surface area contributed by atoms with Crippen molar-refractivity contribution < 1.29 is 0 Å². The monoisotopic (exact) mass is 1040 g/mol. The fourth-order valence-electron chi connectivity index (χ4n) is 13.1. The van der Waals surface area contributed by atoms with Gasteiger partial charge >= 0.3 is 0 Å². The second-order valence-electron chi connectivity index (χ2n) is 22.1. The number of benzene rings is 14. The molecule has 0 aliphatic rings. The largest absolute Gasteiger partial charge is 0.256 e. The fourth-order valence-corrected chi connectivity index (χ4v) is 13.1. The zero-order chi connectivity index (χ0) is 54.3. The number of nitrogens with zero attached hydrogens (tertiary/aromatic N) is 2. The molecule has 2 heterocycles. The Morgan fingerprint density at radius 1 is 0.244 bits per heavy atom. The summed E-state index contributed by atoms with van der Waals surface area (Å²) in [7, 11) is 0. The van der Waals surface area contributed by atoms with Crippen molar-refractivity contribution in [3.63, 3.8) is 0 Å². The minimum atomic E-state index is 0.728. The molecular weight excluding hydrogens is 989 g/mol.